The number of fused-ring (bicyclic) bond motifs is 2. The third-order valence-corrected chi connectivity index (χ3v) is 6.55. The van der Waals surface area contributed by atoms with Crippen LogP contribution >= 0.6 is 11.3 Å². The molecule has 6 heteroatoms. The molecule has 0 amide bonds. The van der Waals surface area contributed by atoms with Crippen LogP contribution in [0.1, 0.15) is 6.92 Å². The molecule has 5 rings (SSSR count). The second-order valence-electron chi connectivity index (χ2n) is 7.15. The van der Waals surface area contributed by atoms with Crippen LogP contribution in [0.25, 0.3) is 32.2 Å². The minimum absolute atomic E-state index is 1.02. The van der Waals surface area contributed by atoms with Gasteiger partial charge in [0.2, 0.25) is 0 Å². The van der Waals surface area contributed by atoms with Gasteiger partial charge in [0.25, 0.3) is 0 Å². The maximum atomic E-state index is 4.71. The van der Waals surface area contributed by atoms with Crippen molar-refractivity contribution < 1.29 is 0 Å². The number of rotatable bonds is 3. The maximum Gasteiger partial charge on any atom is 0.141 e. The second kappa shape index (κ2) is 6.62. The molecule has 0 radical (unpaired) electrons. The Bertz CT molecular complexity index is 1100. The highest BCUT2D eigenvalue weighted by Crippen LogP contribution is 2.39. The summed E-state index contributed by atoms with van der Waals surface area (Å²) in [4.78, 5) is 15.2. The van der Waals surface area contributed by atoms with Gasteiger partial charge in [-0.25, -0.2) is 9.97 Å². The van der Waals surface area contributed by atoms with Crippen molar-refractivity contribution in [3.05, 3.63) is 42.2 Å². The molecule has 27 heavy (non-hydrogen) atoms. The fraction of sp³-hybridized carbons (Fsp3) is 0.333. The molecule has 0 bridgehead atoms. The fourth-order valence-electron chi connectivity index (χ4n) is 4.04. The van der Waals surface area contributed by atoms with Crippen LogP contribution in [0.2, 0.25) is 0 Å². The summed E-state index contributed by atoms with van der Waals surface area (Å²) in [7, 11) is 2.09. The van der Waals surface area contributed by atoms with E-state index in [4.69, 9.17) is 4.98 Å². The highest BCUT2D eigenvalue weighted by atomic mass is 32.1. The minimum atomic E-state index is 1.02. The second-order valence-corrected chi connectivity index (χ2v) is 8.01. The Morgan fingerprint density at radius 1 is 1.07 bits per heavy atom. The zero-order chi connectivity index (χ0) is 18.4. The Kier molecular flexibility index (Phi) is 4.10. The summed E-state index contributed by atoms with van der Waals surface area (Å²) in [5.41, 5.74) is 3.74. The average molecular weight is 378 g/mol. The van der Waals surface area contributed by atoms with Crippen LogP contribution < -0.4 is 4.90 Å². The normalized spacial score (nSPS) is 15.9. The van der Waals surface area contributed by atoms with Gasteiger partial charge in [0.15, 0.2) is 0 Å². The van der Waals surface area contributed by atoms with E-state index in [2.05, 4.69) is 69.2 Å². The van der Waals surface area contributed by atoms with Crippen molar-refractivity contribution in [3.63, 3.8) is 0 Å². The smallest absolute Gasteiger partial charge is 0.141 e. The molecule has 0 unspecified atom stereocenters. The third kappa shape index (κ3) is 2.80. The van der Waals surface area contributed by atoms with Crippen LogP contribution in [0.3, 0.4) is 0 Å². The molecule has 0 spiro atoms. The largest absolute Gasteiger partial charge is 0.353 e. The molecule has 3 aromatic heterocycles. The lowest BCUT2D eigenvalue weighted by Gasteiger charge is -2.35. The number of aryl methyl sites for hydroxylation is 1. The molecule has 1 aliphatic heterocycles. The van der Waals surface area contributed by atoms with E-state index in [-0.39, 0.29) is 0 Å². The number of aromatic nitrogens is 3. The number of likely N-dealkylation sites (N-methyl/N-ethyl adjacent to an activating group) is 1. The molecule has 1 aliphatic rings. The summed E-state index contributed by atoms with van der Waals surface area (Å²) in [6.07, 6.45) is 3.83. The molecule has 138 valence electrons. The van der Waals surface area contributed by atoms with Crippen molar-refractivity contribution in [1.29, 1.82) is 0 Å². The van der Waals surface area contributed by atoms with Crippen molar-refractivity contribution in [2.45, 2.75) is 6.92 Å². The van der Waals surface area contributed by atoms with E-state index in [0.29, 0.717) is 0 Å². The van der Waals surface area contributed by atoms with Crippen LogP contribution in [0.15, 0.2) is 42.2 Å². The van der Waals surface area contributed by atoms with E-state index in [0.717, 1.165) is 43.4 Å². The number of nitrogens with zero attached hydrogens (tertiary/aromatic N) is 5. The minimum Gasteiger partial charge on any atom is -0.353 e. The molecule has 0 saturated carbocycles. The average Bonchev–Trinajstić information content (AvgIpc) is 3.31. The van der Waals surface area contributed by atoms with Gasteiger partial charge in [-0.15, -0.1) is 11.3 Å². The molecule has 0 N–H and O–H groups in total. The van der Waals surface area contributed by atoms with E-state index in [1.54, 1.807) is 17.7 Å². The quantitative estimate of drug-likeness (QED) is 0.541. The molecule has 0 aliphatic carbocycles. The predicted octanol–water partition coefficient (Wildman–Crippen LogP) is 3.99. The van der Waals surface area contributed by atoms with E-state index >= 15 is 0 Å². The first-order valence-electron chi connectivity index (χ1n) is 9.49. The van der Waals surface area contributed by atoms with Gasteiger partial charge in [-0.1, -0.05) is 13.0 Å². The number of benzene rings is 1. The van der Waals surface area contributed by atoms with Crippen LogP contribution in [-0.4, -0.2) is 52.2 Å². The van der Waals surface area contributed by atoms with E-state index in [1.165, 1.54) is 27.4 Å². The number of hydrogen-bond acceptors (Lipinski definition) is 5. The van der Waals surface area contributed by atoms with Crippen LogP contribution in [0.5, 0.6) is 0 Å². The number of anilines is 1. The molecule has 1 fully saturated rings. The lowest BCUT2D eigenvalue weighted by molar-refractivity contribution is 0.271. The number of hydrogen-bond donors (Lipinski definition) is 0. The first kappa shape index (κ1) is 16.7. The van der Waals surface area contributed by atoms with Crippen LogP contribution in [0, 0.1) is 0 Å². The van der Waals surface area contributed by atoms with E-state index < -0.39 is 0 Å². The van der Waals surface area contributed by atoms with Gasteiger partial charge in [0.1, 0.15) is 17.0 Å². The summed E-state index contributed by atoms with van der Waals surface area (Å²) in [5.74, 6) is 1.08. The highest BCUT2D eigenvalue weighted by Gasteiger charge is 2.21. The Morgan fingerprint density at radius 3 is 2.74 bits per heavy atom. The number of thiophene rings is 1. The van der Waals surface area contributed by atoms with Gasteiger partial charge in [-0.2, -0.15) is 0 Å². The molecule has 5 nitrogen and oxygen atoms in total. The summed E-state index contributed by atoms with van der Waals surface area (Å²) < 4.78 is 2.16. The van der Waals surface area contributed by atoms with Gasteiger partial charge < -0.3 is 14.4 Å². The lowest BCUT2D eigenvalue weighted by atomic mass is 10.0. The van der Waals surface area contributed by atoms with Gasteiger partial charge in [0.05, 0.1) is 5.39 Å². The maximum absolute atomic E-state index is 4.71. The van der Waals surface area contributed by atoms with Crippen LogP contribution in [0.4, 0.5) is 5.82 Å². The first-order chi connectivity index (χ1) is 13.2. The zero-order valence-electron chi connectivity index (χ0n) is 15.7. The fourth-order valence-corrected chi connectivity index (χ4v) is 4.95. The first-order valence-corrected chi connectivity index (χ1v) is 10.4. The van der Waals surface area contributed by atoms with Crippen molar-refractivity contribution in [3.8, 4) is 11.1 Å². The Hall–Kier alpha value is -2.44. The monoisotopic (exact) mass is 377 g/mol. The SMILES string of the molecule is CCN1CCN(c2ncnc3scc(-c4ccc5c(ccn5C)c4)c23)CC1. The number of piperazine rings is 1. The van der Waals surface area contributed by atoms with Crippen molar-refractivity contribution in [2.24, 2.45) is 7.05 Å². The van der Waals surface area contributed by atoms with Crippen molar-refractivity contribution >= 4 is 38.3 Å². The molecule has 4 heterocycles. The van der Waals surface area contributed by atoms with Gasteiger partial charge in [-0.05, 0) is 30.3 Å². The lowest BCUT2D eigenvalue weighted by Crippen LogP contribution is -2.46. The summed E-state index contributed by atoms with van der Waals surface area (Å²) >= 11 is 1.71. The molecular weight excluding hydrogens is 354 g/mol. The molecule has 1 aromatic carbocycles. The van der Waals surface area contributed by atoms with Crippen molar-refractivity contribution in [2.75, 3.05) is 37.6 Å². The van der Waals surface area contributed by atoms with E-state index in [1.807, 2.05) is 0 Å². The summed E-state index contributed by atoms with van der Waals surface area (Å²) in [5, 5.41) is 4.70. The Balaban J connectivity index is 1.60. The summed E-state index contributed by atoms with van der Waals surface area (Å²) in [6.45, 7) is 7.58. The Labute approximate surface area is 162 Å². The van der Waals surface area contributed by atoms with Gasteiger partial charge >= 0.3 is 0 Å². The van der Waals surface area contributed by atoms with E-state index in [9.17, 15) is 0 Å². The topological polar surface area (TPSA) is 37.2 Å². The third-order valence-electron chi connectivity index (χ3n) is 5.67. The molecule has 0 atom stereocenters. The predicted molar refractivity (Wildman–Crippen MR) is 114 cm³/mol. The summed E-state index contributed by atoms with van der Waals surface area (Å²) in [6, 6.07) is 8.88. The molecule has 4 aromatic rings. The van der Waals surface area contributed by atoms with Gasteiger partial charge in [-0.3, -0.25) is 0 Å². The van der Waals surface area contributed by atoms with Crippen LogP contribution in [-0.2, 0) is 7.05 Å². The standard InChI is InChI=1S/C21H23N5S/c1-3-25-8-10-26(11-9-25)20-19-17(13-27-21(19)23-14-22-20)15-4-5-18-16(12-15)6-7-24(18)2/h4-7,12-14H,3,8-11H2,1-2H3. The molecule has 1 saturated heterocycles. The highest BCUT2D eigenvalue weighted by molar-refractivity contribution is 7.17. The Morgan fingerprint density at radius 2 is 1.93 bits per heavy atom. The van der Waals surface area contributed by atoms with Gasteiger partial charge in [0, 0.05) is 61.3 Å². The van der Waals surface area contributed by atoms with Crippen molar-refractivity contribution in [1.82, 2.24) is 19.4 Å². The molecular formula is C21H23N5S. The zero-order valence-corrected chi connectivity index (χ0v) is 16.5.